The number of para-hydroxylation sites is 1. The van der Waals surface area contributed by atoms with Crippen LogP contribution in [0, 0.1) is 0 Å². The van der Waals surface area contributed by atoms with E-state index in [0.717, 1.165) is 27.0 Å². The van der Waals surface area contributed by atoms with Crippen LogP contribution >= 0.6 is 15.9 Å². The van der Waals surface area contributed by atoms with Crippen molar-refractivity contribution in [3.8, 4) is 5.75 Å². The van der Waals surface area contributed by atoms with Crippen molar-refractivity contribution < 1.29 is 9.90 Å². The number of rotatable bonds is 4. The van der Waals surface area contributed by atoms with E-state index in [9.17, 15) is 9.90 Å². The van der Waals surface area contributed by atoms with Gasteiger partial charge in [0.25, 0.3) is 0 Å². The van der Waals surface area contributed by atoms with Gasteiger partial charge in [0, 0.05) is 28.2 Å². The van der Waals surface area contributed by atoms with Gasteiger partial charge in [-0.05, 0) is 37.6 Å². The molecule has 1 aliphatic rings. The van der Waals surface area contributed by atoms with E-state index in [2.05, 4.69) is 15.9 Å². The normalized spacial score (nSPS) is 17.6. The van der Waals surface area contributed by atoms with Gasteiger partial charge < -0.3 is 5.11 Å². The fraction of sp³-hybridized carbons (Fsp3) is 0.200. The fourth-order valence-electron chi connectivity index (χ4n) is 3.02. The first-order chi connectivity index (χ1) is 12.0. The van der Waals surface area contributed by atoms with Crippen molar-refractivity contribution in [3.05, 3.63) is 75.9 Å². The Bertz CT molecular complexity index is 856. The van der Waals surface area contributed by atoms with E-state index in [0.29, 0.717) is 6.42 Å². The predicted octanol–water partition coefficient (Wildman–Crippen LogP) is 4.80. The van der Waals surface area contributed by atoms with Crippen LogP contribution in [0.25, 0.3) is 0 Å². The van der Waals surface area contributed by atoms with Crippen molar-refractivity contribution in [1.29, 1.82) is 0 Å². The van der Waals surface area contributed by atoms with Crippen molar-refractivity contribution in [1.82, 2.24) is 5.01 Å². The number of allylic oxidation sites excluding steroid dienone is 2. The first kappa shape index (κ1) is 17.4. The van der Waals surface area contributed by atoms with E-state index < -0.39 is 0 Å². The van der Waals surface area contributed by atoms with E-state index in [1.54, 1.807) is 18.2 Å². The number of hydrogen-bond acceptors (Lipinski definition) is 4. The summed E-state index contributed by atoms with van der Waals surface area (Å²) in [4.78, 5) is 11.5. The lowest BCUT2D eigenvalue weighted by Crippen LogP contribution is -2.18. The molecule has 1 unspecified atom stereocenters. The number of nitrogens with zero attached hydrogens (tertiary/aromatic N) is 2. The van der Waals surface area contributed by atoms with Gasteiger partial charge in [-0.3, -0.25) is 9.80 Å². The fourth-order valence-corrected chi connectivity index (χ4v) is 3.29. The van der Waals surface area contributed by atoms with Crippen molar-refractivity contribution in [2.45, 2.75) is 26.3 Å². The SMILES string of the molecule is CC(=O)/C=C(\C)N1N=C(c2ccc(Br)cc2)CC1c1ccccc1O. The van der Waals surface area contributed by atoms with Crippen LogP contribution in [-0.2, 0) is 4.79 Å². The first-order valence-electron chi connectivity index (χ1n) is 8.05. The molecular formula is C20H19BrN2O2. The molecule has 5 heteroatoms. The summed E-state index contributed by atoms with van der Waals surface area (Å²) < 4.78 is 1.01. The van der Waals surface area contributed by atoms with E-state index in [1.807, 2.05) is 48.3 Å². The maximum atomic E-state index is 11.5. The molecule has 0 aliphatic carbocycles. The van der Waals surface area contributed by atoms with E-state index in [-0.39, 0.29) is 17.6 Å². The molecule has 1 aliphatic heterocycles. The summed E-state index contributed by atoms with van der Waals surface area (Å²) in [5.41, 5.74) is 3.52. The van der Waals surface area contributed by atoms with E-state index in [1.165, 1.54) is 6.92 Å². The lowest BCUT2D eigenvalue weighted by Gasteiger charge is -2.24. The third kappa shape index (κ3) is 3.82. The summed E-state index contributed by atoms with van der Waals surface area (Å²) >= 11 is 3.44. The summed E-state index contributed by atoms with van der Waals surface area (Å²) in [5, 5.41) is 16.8. The number of halogens is 1. The Balaban J connectivity index is 2.02. The second-order valence-corrected chi connectivity index (χ2v) is 6.99. The number of carbonyl (C=O) groups is 1. The molecule has 1 N–H and O–H groups in total. The molecule has 1 heterocycles. The van der Waals surface area contributed by atoms with E-state index >= 15 is 0 Å². The summed E-state index contributed by atoms with van der Waals surface area (Å²) in [6.07, 6.45) is 2.23. The summed E-state index contributed by atoms with van der Waals surface area (Å²) in [5.74, 6) is 0.209. The smallest absolute Gasteiger partial charge is 0.154 e. The Labute approximate surface area is 155 Å². The molecule has 2 aromatic carbocycles. The average molecular weight is 399 g/mol. The zero-order valence-electron chi connectivity index (χ0n) is 14.1. The lowest BCUT2D eigenvalue weighted by molar-refractivity contribution is -0.112. The maximum absolute atomic E-state index is 11.5. The van der Waals surface area contributed by atoms with Crippen LogP contribution in [0.1, 0.15) is 37.4 Å². The second kappa shape index (κ2) is 7.23. The minimum Gasteiger partial charge on any atom is -0.508 e. The molecule has 128 valence electrons. The van der Waals surface area contributed by atoms with Crippen molar-refractivity contribution in [2.75, 3.05) is 0 Å². The zero-order valence-corrected chi connectivity index (χ0v) is 15.7. The molecule has 0 saturated heterocycles. The summed E-state index contributed by atoms with van der Waals surface area (Å²) in [6, 6.07) is 15.1. The van der Waals surface area contributed by atoms with Gasteiger partial charge in [-0.15, -0.1) is 0 Å². The maximum Gasteiger partial charge on any atom is 0.154 e. The molecule has 0 saturated carbocycles. The second-order valence-electron chi connectivity index (χ2n) is 6.07. The molecule has 0 aromatic heterocycles. The van der Waals surface area contributed by atoms with Gasteiger partial charge in [0.2, 0.25) is 0 Å². The van der Waals surface area contributed by atoms with Gasteiger partial charge in [0.1, 0.15) is 5.75 Å². The highest BCUT2D eigenvalue weighted by Crippen LogP contribution is 2.39. The van der Waals surface area contributed by atoms with Gasteiger partial charge in [-0.2, -0.15) is 5.10 Å². The van der Waals surface area contributed by atoms with Crippen LogP contribution in [0.5, 0.6) is 5.75 Å². The van der Waals surface area contributed by atoms with Crippen LogP contribution in [-0.4, -0.2) is 21.6 Å². The number of carbonyl (C=O) groups excluding carboxylic acids is 1. The summed E-state index contributed by atoms with van der Waals surface area (Å²) in [6.45, 7) is 3.39. The largest absolute Gasteiger partial charge is 0.508 e. The highest BCUT2D eigenvalue weighted by Gasteiger charge is 2.31. The monoisotopic (exact) mass is 398 g/mol. The van der Waals surface area contributed by atoms with Crippen LogP contribution in [0.15, 0.2) is 69.9 Å². The number of hydrogen-bond donors (Lipinski definition) is 1. The molecule has 0 bridgehead atoms. The molecular weight excluding hydrogens is 380 g/mol. The average Bonchev–Trinajstić information content (AvgIpc) is 3.00. The standard InChI is InChI=1S/C20H19BrN2O2/c1-13(11-14(2)24)23-19(17-5-3-4-6-20(17)25)12-18(22-23)15-7-9-16(21)10-8-15/h3-11,19,25H,12H2,1-2H3/b13-11+. The quantitative estimate of drug-likeness (QED) is 0.752. The number of phenols is 1. The Hall–Kier alpha value is -2.40. The van der Waals surface area contributed by atoms with Gasteiger partial charge in [0.05, 0.1) is 11.8 Å². The van der Waals surface area contributed by atoms with Crippen LogP contribution in [0.3, 0.4) is 0 Å². The predicted molar refractivity (Wildman–Crippen MR) is 102 cm³/mol. The third-order valence-electron chi connectivity index (χ3n) is 4.16. The molecule has 25 heavy (non-hydrogen) atoms. The molecule has 3 rings (SSSR count). The number of aromatic hydroxyl groups is 1. The molecule has 2 aromatic rings. The van der Waals surface area contributed by atoms with Gasteiger partial charge in [-0.1, -0.05) is 46.3 Å². The Morgan fingerprint density at radius 2 is 1.88 bits per heavy atom. The highest BCUT2D eigenvalue weighted by atomic mass is 79.9. The summed E-state index contributed by atoms with van der Waals surface area (Å²) in [7, 11) is 0. The highest BCUT2D eigenvalue weighted by molar-refractivity contribution is 9.10. The number of ketones is 1. The van der Waals surface area contributed by atoms with Gasteiger partial charge in [-0.25, -0.2) is 0 Å². The number of benzene rings is 2. The molecule has 0 fully saturated rings. The van der Waals surface area contributed by atoms with Crippen molar-refractivity contribution >= 4 is 27.4 Å². The van der Waals surface area contributed by atoms with Crippen molar-refractivity contribution in [2.24, 2.45) is 5.10 Å². The van der Waals surface area contributed by atoms with Crippen LogP contribution in [0.4, 0.5) is 0 Å². The molecule has 0 spiro atoms. The topological polar surface area (TPSA) is 52.9 Å². The molecule has 4 nitrogen and oxygen atoms in total. The Kier molecular flexibility index (Phi) is 5.04. The third-order valence-corrected chi connectivity index (χ3v) is 4.69. The zero-order chi connectivity index (χ0) is 18.0. The number of hydrazone groups is 1. The van der Waals surface area contributed by atoms with E-state index in [4.69, 9.17) is 5.10 Å². The molecule has 0 amide bonds. The minimum absolute atomic E-state index is 0.0270. The Morgan fingerprint density at radius 3 is 2.52 bits per heavy atom. The van der Waals surface area contributed by atoms with Crippen LogP contribution < -0.4 is 0 Å². The lowest BCUT2D eigenvalue weighted by atomic mass is 9.97. The Morgan fingerprint density at radius 1 is 1.20 bits per heavy atom. The minimum atomic E-state index is -0.143. The number of phenolic OH excluding ortho intramolecular Hbond substituents is 1. The first-order valence-corrected chi connectivity index (χ1v) is 8.84. The molecule has 0 radical (unpaired) electrons. The van der Waals surface area contributed by atoms with Crippen molar-refractivity contribution in [3.63, 3.8) is 0 Å². The van der Waals surface area contributed by atoms with Crippen LogP contribution in [0.2, 0.25) is 0 Å². The van der Waals surface area contributed by atoms with Gasteiger partial charge >= 0.3 is 0 Å². The van der Waals surface area contributed by atoms with Gasteiger partial charge in [0.15, 0.2) is 5.78 Å². The molecule has 1 atom stereocenters.